The summed E-state index contributed by atoms with van der Waals surface area (Å²) in [7, 11) is 0. The molecule has 0 saturated heterocycles. The van der Waals surface area contributed by atoms with Gasteiger partial charge in [0.05, 0.1) is 0 Å². The van der Waals surface area contributed by atoms with Crippen LogP contribution < -0.4 is 0 Å². The molecule has 0 saturated carbocycles. The molecular weight excluding hydrogens is 188 g/mol. The largest absolute Gasteiger partial charge is 0.0839 e. The molecule has 0 amide bonds. The summed E-state index contributed by atoms with van der Waals surface area (Å²) in [6.07, 6.45) is 0. The van der Waals surface area contributed by atoms with Crippen LogP contribution in [0.5, 0.6) is 0 Å². The van der Waals surface area contributed by atoms with Crippen LogP contribution in [0, 0.1) is 13.8 Å². The minimum atomic E-state index is 0.216. The number of aryl methyl sites for hydroxylation is 1. The van der Waals surface area contributed by atoms with Gasteiger partial charge in [-0.15, -0.1) is 0 Å². The summed E-state index contributed by atoms with van der Waals surface area (Å²) < 4.78 is 0. The topological polar surface area (TPSA) is 0 Å². The van der Waals surface area contributed by atoms with Gasteiger partial charge in [0.25, 0.3) is 0 Å². The van der Waals surface area contributed by atoms with Gasteiger partial charge in [-0.05, 0) is 19.4 Å². The van der Waals surface area contributed by atoms with Gasteiger partial charge in [-0.1, -0.05) is 45.8 Å². The second kappa shape index (κ2) is 3.20. The van der Waals surface area contributed by atoms with E-state index in [1.165, 1.54) is 11.1 Å². The first-order chi connectivity index (χ1) is 4.70. The molecule has 0 heterocycles. The number of hydrogen-bond donors (Lipinski definition) is 0. The van der Waals surface area contributed by atoms with Crippen LogP contribution in [-0.2, 0) is 0 Å². The molecular formula is C9H10Br. The van der Waals surface area contributed by atoms with Gasteiger partial charge in [-0.25, -0.2) is 0 Å². The molecule has 1 aromatic rings. The lowest BCUT2D eigenvalue weighted by molar-refractivity contribution is 1.24. The Morgan fingerprint density at radius 2 is 1.80 bits per heavy atom. The van der Waals surface area contributed by atoms with E-state index in [0.717, 1.165) is 0 Å². The summed E-state index contributed by atoms with van der Waals surface area (Å²) in [6, 6.07) is 8.35. The molecule has 0 aromatic heterocycles. The normalized spacial score (nSPS) is 13.1. The van der Waals surface area contributed by atoms with E-state index in [1.54, 1.807) is 0 Å². The third-order valence-electron chi connectivity index (χ3n) is 1.44. The molecule has 0 aliphatic rings. The first kappa shape index (κ1) is 7.80. The highest BCUT2D eigenvalue weighted by atomic mass is 79.9. The zero-order valence-corrected chi connectivity index (χ0v) is 7.56. The first-order valence-electron chi connectivity index (χ1n) is 3.24. The van der Waals surface area contributed by atoms with Crippen molar-refractivity contribution in [1.29, 1.82) is 0 Å². The highest BCUT2D eigenvalue weighted by Gasteiger charge is 1.97. The number of hydrogen-bond acceptors (Lipinski definition) is 0. The van der Waals surface area contributed by atoms with Crippen molar-refractivity contribution in [3.8, 4) is 0 Å². The van der Waals surface area contributed by atoms with Crippen LogP contribution in [0.15, 0.2) is 24.3 Å². The molecule has 0 fully saturated rings. The quantitative estimate of drug-likeness (QED) is 0.607. The van der Waals surface area contributed by atoms with Crippen LogP contribution in [0.4, 0.5) is 0 Å². The van der Waals surface area contributed by atoms with Gasteiger partial charge in [-0.3, -0.25) is 0 Å². The summed E-state index contributed by atoms with van der Waals surface area (Å²) >= 11 is 3.40. The Morgan fingerprint density at radius 1 is 1.30 bits per heavy atom. The third kappa shape index (κ3) is 1.84. The number of alkyl halides is 1. The summed E-state index contributed by atoms with van der Waals surface area (Å²) in [5.41, 5.74) is 2.52. The van der Waals surface area contributed by atoms with Crippen LogP contribution in [0.3, 0.4) is 0 Å². The van der Waals surface area contributed by atoms with Gasteiger partial charge in [0, 0.05) is 4.83 Å². The first-order valence-corrected chi connectivity index (χ1v) is 4.15. The molecule has 10 heavy (non-hydrogen) atoms. The maximum absolute atomic E-state index is 3.86. The zero-order chi connectivity index (χ0) is 7.56. The molecule has 1 rings (SSSR count). The highest BCUT2D eigenvalue weighted by molar-refractivity contribution is 9.09. The fourth-order valence-electron chi connectivity index (χ4n) is 0.775. The van der Waals surface area contributed by atoms with Crippen molar-refractivity contribution in [2.45, 2.75) is 11.8 Å². The second-order valence-corrected chi connectivity index (χ2v) is 3.48. The van der Waals surface area contributed by atoms with E-state index in [9.17, 15) is 0 Å². The molecule has 0 aliphatic heterocycles. The Morgan fingerprint density at radius 3 is 2.20 bits per heavy atom. The van der Waals surface area contributed by atoms with E-state index in [4.69, 9.17) is 0 Å². The van der Waals surface area contributed by atoms with E-state index >= 15 is 0 Å². The predicted molar refractivity (Wildman–Crippen MR) is 48.2 cm³/mol. The number of rotatable bonds is 1. The average molecular weight is 198 g/mol. The standard InChI is InChI=1S/C9H10Br/c1-7-3-5-9(6-4-7)8(2)10/h3-6,8H,2H2,1H3. The summed E-state index contributed by atoms with van der Waals surface area (Å²) in [4.78, 5) is 0.216. The minimum absolute atomic E-state index is 0.216. The predicted octanol–water partition coefficient (Wildman–Crippen LogP) is 3.27. The summed E-state index contributed by atoms with van der Waals surface area (Å²) in [6.45, 7) is 5.93. The smallest absolute Gasteiger partial charge is 0.0395 e. The van der Waals surface area contributed by atoms with Crippen LogP contribution in [0.1, 0.15) is 16.0 Å². The molecule has 1 aromatic carbocycles. The van der Waals surface area contributed by atoms with Gasteiger partial charge in [0.15, 0.2) is 0 Å². The second-order valence-electron chi connectivity index (χ2n) is 2.38. The molecule has 1 atom stereocenters. The van der Waals surface area contributed by atoms with E-state index in [2.05, 4.69) is 54.0 Å². The Balaban J connectivity index is 2.89. The molecule has 53 valence electrons. The summed E-state index contributed by atoms with van der Waals surface area (Å²) in [5.74, 6) is 0. The lowest BCUT2D eigenvalue weighted by Gasteiger charge is -2.01. The molecule has 1 radical (unpaired) electrons. The molecule has 0 spiro atoms. The van der Waals surface area contributed by atoms with Gasteiger partial charge in [0.1, 0.15) is 0 Å². The van der Waals surface area contributed by atoms with Gasteiger partial charge in [0.2, 0.25) is 0 Å². The van der Waals surface area contributed by atoms with E-state index in [0.29, 0.717) is 0 Å². The van der Waals surface area contributed by atoms with Crippen molar-refractivity contribution in [3.05, 3.63) is 42.3 Å². The Kier molecular flexibility index (Phi) is 2.50. The fraction of sp³-hybridized carbons (Fsp3) is 0.222. The fourth-order valence-corrected chi connectivity index (χ4v) is 1.08. The lowest BCUT2D eigenvalue weighted by atomic mass is 10.1. The lowest BCUT2D eigenvalue weighted by Crippen LogP contribution is -1.82. The van der Waals surface area contributed by atoms with Crippen LogP contribution >= 0.6 is 15.9 Å². The highest BCUT2D eigenvalue weighted by Crippen LogP contribution is 2.20. The number of benzene rings is 1. The summed E-state index contributed by atoms with van der Waals surface area (Å²) in [5, 5.41) is 0. The zero-order valence-electron chi connectivity index (χ0n) is 5.97. The molecule has 0 nitrogen and oxygen atoms in total. The van der Waals surface area contributed by atoms with Crippen molar-refractivity contribution in [1.82, 2.24) is 0 Å². The van der Waals surface area contributed by atoms with Gasteiger partial charge >= 0.3 is 0 Å². The Hall–Kier alpha value is -0.300. The monoisotopic (exact) mass is 197 g/mol. The SMILES string of the molecule is [CH2]C(Br)c1ccc(C)cc1. The molecule has 0 aliphatic carbocycles. The minimum Gasteiger partial charge on any atom is -0.0839 e. The van der Waals surface area contributed by atoms with Crippen molar-refractivity contribution in [3.63, 3.8) is 0 Å². The molecule has 1 unspecified atom stereocenters. The maximum atomic E-state index is 3.86. The molecule has 0 bridgehead atoms. The average Bonchev–Trinajstić information content (AvgIpc) is 1.88. The Bertz CT molecular complexity index is 198. The number of halogens is 1. The van der Waals surface area contributed by atoms with E-state index < -0.39 is 0 Å². The van der Waals surface area contributed by atoms with Crippen LogP contribution in [0.25, 0.3) is 0 Å². The van der Waals surface area contributed by atoms with Crippen molar-refractivity contribution in [2.24, 2.45) is 0 Å². The van der Waals surface area contributed by atoms with Crippen LogP contribution in [-0.4, -0.2) is 0 Å². The van der Waals surface area contributed by atoms with E-state index in [1.807, 2.05) is 0 Å². The van der Waals surface area contributed by atoms with Crippen molar-refractivity contribution >= 4 is 15.9 Å². The molecule has 1 heteroatoms. The maximum Gasteiger partial charge on any atom is 0.0395 e. The van der Waals surface area contributed by atoms with Crippen molar-refractivity contribution < 1.29 is 0 Å². The molecule has 0 N–H and O–H groups in total. The van der Waals surface area contributed by atoms with Gasteiger partial charge in [-0.2, -0.15) is 0 Å². The van der Waals surface area contributed by atoms with E-state index in [-0.39, 0.29) is 4.83 Å². The third-order valence-corrected chi connectivity index (χ3v) is 1.97. The Labute approximate surface area is 70.4 Å². The van der Waals surface area contributed by atoms with Gasteiger partial charge < -0.3 is 0 Å². The van der Waals surface area contributed by atoms with Crippen LogP contribution in [0.2, 0.25) is 0 Å². The van der Waals surface area contributed by atoms with Crippen molar-refractivity contribution in [2.75, 3.05) is 0 Å².